The first-order valence-electron chi connectivity index (χ1n) is 8.50. The topological polar surface area (TPSA) is 92.5 Å². The number of nitrogens with two attached hydrogens (primary N) is 1. The van der Waals surface area contributed by atoms with Gasteiger partial charge in [-0.3, -0.25) is 4.79 Å². The van der Waals surface area contributed by atoms with Gasteiger partial charge in [-0.15, -0.1) is 23.7 Å². The molecule has 25 heavy (non-hydrogen) atoms. The van der Waals surface area contributed by atoms with Gasteiger partial charge in [0, 0.05) is 36.5 Å². The summed E-state index contributed by atoms with van der Waals surface area (Å²) in [6.07, 6.45) is 3.17. The lowest BCUT2D eigenvalue weighted by Gasteiger charge is -2.16. The molecule has 1 fully saturated rings. The molecule has 0 spiro atoms. The van der Waals surface area contributed by atoms with E-state index in [1.807, 2.05) is 19.9 Å². The molecule has 6 nitrogen and oxygen atoms in total. The molecule has 0 radical (unpaired) electrons. The van der Waals surface area contributed by atoms with E-state index >= 15 is 0 Å². The fourth-order valence-electron chi connectivity index (χ4n) is 3.03. The smallest absolute Gasteiger partial charge is 0.252 e. The van der Waals surface area contributed by atoms with Gasteiger partial charge >= 0.3 is 0 Å². The van der Waals surface area contributed by atoms with Crippen molar-refractivity contribution in [2.24, 2.45) is 11.7 Å². The van der Waals surface area contributed by atoms with Gasteiger partial charge < -0.3 is 11.1 Å². The molecule has 1 heterocycles. The number of hydrogen-bond acceptors (Lipinski definition) is 5. The molecular formula is C16H28ClN3O3S2. The highest BCUT2D eigenvalue weighted by Gasteiger charge is 2.27. The second kappa shape index (κ2) is 9.87. The Kier molecular flexibility index (Phi) is 8.83. The van der Waals surface area contributed by atoms with E-state index in [0.29, 0.717) is 30.3 Å². The summed E-state index contributed by atoms with van der Waals surface area (Å²) < 4.78 is 26.7. The van der Waals surface area contributed by atoms with Crippen LogP contribution in [0.15, 0.2) is 16.3 Å². The second-order valence-electron chi connectivity index (χ2n) is 6.12. The van der Waals surface area contributed by atoms with Crippen molar-refractivity contribution in [3.63, 3.8) is 0 Å². The van der Waals surface area contributed by atoms with Gasteiger partial charge in [-0.1, -0.05) is 13.8 Å². The summed E-state index contributed by atoms with van der Waals surface area (Å²) in [5.41, 5.74) is 5.83. The minimum absolute atomic E-state index is 0. The Morgan fingerprint density at radius 1 is 1.32 bits per heavy atom. The molecule has 2 rings (SSSR count). The van der Waals surface area contributed by atoms with Gasteiger partial charge in [-0.25, -0.2) is 8.42 Å². The van der Waals surface area contributed by atoms with Gasteiger partial charge in [0.2, 0.25) is 5.91 Å². The number of hydrogen-bond donors (Lipinski definition) is 2. The molecule has 0 aliphatic heterocycles. The normalized spacial score (nSPS) is 20.5. The number of amides is 1. The highest BCUT2D eigenvalue weighted by atomic mass is 35.5. The molecule has 1 aromatic heterocycles. The number of nitrogens with one attached hydrogen (secondary N) is 1. The molecule has 3 N–H and O–H groups in total. The predicted molar refractivity (Wildman–Crippen MR) is 104 cm³/mol. The standard InChI is InChI=1S/C16H27N3O3S2.ClH/c1-3-19(4-2)24(21,22)15-8-7-14(23-15)9-10-18-16(20)12-5-6-13(17)11-12;/h7-8,12-13H,3-6,9-11,17H2,1-2H3,(H,18,20);1H. The fourth-order valence-corrected chi connectivity index (χ4v) is 6.00. The summed E-state index contributed by atoms with van der Waals surface area (Å²) >= 11 is 1.28. The van der Waals surface area contributed by atoms with Crippen LogP contribution in [-0.2, 0) is 21.2 Å². The highest BCUT2D eigenvalue weighted by molar-refractivity contribution is 7.91. The Balaban J connectivity index is 0.00000312. The molecule has 9 heteroatoms. The first kappa shape index (κ1) is 22.4. The third-order valence-electron chi connectivity index (χ3n) is 4.45. The van der Waals surface area contributed by atoms with Crippen LogP contribution in [0.25, 0.3) is 0 Å². The van der Waals surface area contributed by atoms with E-state index < -0.39 is 10.0 Å². The minimum atomic E-state index is -3.39. The maximum absolute atomic E-state index is 12.4. The maximum atomic E-state index is 12.4. The van der Waals surface area contributed by atoms with Crippen LogP contribution in [0.3, 0.4) is 0 Å². The van der Waals surface area contributed by atoms with E-state index in [1.165, 1.54) is 15.6 Å². The Morgan fingerprint density at radius 2 is 2.00 bits per heavy atom. The number of carbonyl (C=O) groups excluding carboxylic acids is 1. The number of halogens is 1. The van der Waals surface area contributed by atoms with Gasteiger partial charge in [0.05, 0.1) is 0 Å². The van der Waals surface area contributed by atoms with Crippen molar-refractivity contribution in [3.8, 4) is 0 Å². The Bertz CT molecular complexity index is 659. The number of carbonyl (C=O) groups is 1. The largest absolute Gasteiger partial charge is 0.356 e. The zero-order valence-corrected chi connectivity index (χ0v) is 17.2. The first-order valence-corrected chi connectivity index (χ1v) is 10.8. The monoisotopic (exact) mass is 409 g/mol. The molecule has 0 bridgehead atoms. The molecule has 1 aliphatic carbocycles. The van der Waals surface area contributed by atoms with E-state index in [-0.39, 0.29) is 30.3 Å². The molecule has 2 atom stereocenters. The third kappa shape index (κ3) is 5.65. The molecule has 1 amide bonds. The van der Waals surface area contributed by atoms with E-state index in [1.54, 1.807) is 6.07 Å². The SMILES string of the molecule is CCN(CC)S(=O)(=O)c1ccc(CCNC(=O)C2CCC(N)C2)s1.Cl. The average Bonchev–Trinajstić information content (AvgIpc) is 3.17. The Morgan fingerprint density at radius 3 is 2.56 bits per heavy atom. The Hall–Kier alpha value is -0.670. The van der Waals surface area contributed by atoms with Crippen LogP contribution >= 0.6 is 23.7 Å². The summed E-state index contributed by atoms with van der Waals surface area (Å²) in [7, 11) is -3.39. The third-order valence-corrected chi connectivity index (χ3v) is 8.11. The van der Waals surface area contributed by atoms with E-state index in [0.717, 1.165) is 24.1 Å². The van der Waals surface area contributed by atoms with Crippen LogP contribution in [0.4, 0.5) is 0 Å². The summed E-state index contributed by atoms with van der Waals surface area (Å²) in [6.45, 7) is 5.12. The first-order chi connectivity index (χ1) is 11.4. The second-order valence-corrected chi connectivity index (χ2v) is 9.45. The van der Waals surface area contributed by atoms with E-state index in [4.69, 9.17) is 5.73 Å². The zero-order chi connectivity index (χ0) is 17.7. The van der Waals surface area contributed by atoms with Gasteiger partial charge in [-0.05, 0) is 37.8 Å². The maximum Gasteiger partial charge on any atom is 0.252 e. The molecular weight excluding hydrogens is 382 g/mol. The van der Waals surface area contributed by atoms with Crippen molar-refractivity contribution in [1.82, 2.24) is 9.62 Å². The lowest BCUT2D eigenvalue weighted by molar-refractivity contribution is -0.124. The summed E-state index contributed by atoms with van der Waals surface area (Å²) in [5.74, 6) is 0.0948. The van der Waals surface area contributed by atoms with Crippen LogP contribution in [0, 0.1) is 5.92 Å². The summed E-state index contributed by atoms with van der Waals surface area (Å²) in [6, 6.07) is 3.63. The van der Waals surface area contributed by atoms with E-state index in [2.05, 4.69) is 5.32 Å². The lowest BCUT2D eigenvalue weighted by atomic mass is 10.1. The van der Waals surface area contributed by atoms with Crippen molar-refractivity contribution < 1.29 is 13.2 Å². The quantitative estimate of drug-likeness (QED) is 0.686. The van der Waals surface area contributed by atoms with Crippen molar-refractivity contribution in [1.29, 1.82) is 0 Å². The van der Waals surface area contributed by atoms with Crippen LogP contribution < -0.4 is 11.1 Å². The van der Waals surface area contributed by atoms with Gasteiger partial charge in [0.25, 0.3) is 10.0 Å². The van der Waals surface area contributed by atoms with Crippen molar-refractivity contribution in [3.05, 3.63) is 17.0 Å². The molecule has 144 valence electrons. The number of thiophene rings is 1. The zero-order valence-electron chi connectivity index (χ0n) is 14.7. The minimum Gasteiger partial charge on any atom is -0.356 e. The molecule has 1 aliphatic rings. The van der Waals surface area contributed by atoms with Crippen molar-refractivity contribution >= 4 is 39.7 Å². The van der Waals surface area contributed by atoms with E-state index in [9.17, 15) is 13.2 Å². The molecule has 1 saturated carbocycles. The van der Waals surface area contributed by atoms with Crippen LogP contribution in [0.1, 0.15) is 38.0 Å². The number of rotatable bonds is 8. The summed E-state index contributed by atoms with van der Waals surface area (Å²) in [5, 5.41) is 2.94. The number of nitrogens with zero attached hydrogens (tertiary/aromatic N) is 1. The fraction of sp³-hybridized carbons (Fsp3) is 0.688. The van der Waals surface area contributed by atoms with Gasteiger partial charge in [0.15, 0.2) is 0 Å². The van der Waals surface area contributed by atoms with Gasteiger partial charge in [-0.2, -0.15) is 4.31 Å². The molecule has 2 unspecified atom stereocenters. The predicted octanol–water partition coefficient (Wildman–Crippen LogP) is 1.99. The molecule has 0 aromatic carbocycles. The van der Waals surface area contributed by atoms with Crippen molar-refractivity contribution in [2.45, 2.75) is 49.8 Å². The molecule has 0 saturated heterocycles. The number of sulfonamides is 1. The van der Waals surface area contributed by atoms with Crippen LogP contribution in [0.5, 0.6) is 0 Å². The van der Waals surface area contributed by atoms with Gasteiger partial charge in [0.1, 0.15) is 4.21 Å². The summed E-state index contributed by atoms with van der Waals surface area (Å²) in [4.78, 5) is 13.0. The average molecular weight is 410 g/mol. The Labute approximate surface area is 160 Å². The molecule has 1 aromatic rings. The lowest BCUT2D eigenvalue weighted by Crippen LogP contribution is -2.31. The van der Waals surface area contributed by atoms with Crippen LogP contribution in [0.2, 0.25) is 0 Å². The van der Waals surface area contributed by atoms with Crippen molar-refractivity contribution in [2.75, 3.05) is 19.6 Å². The highest BCUT2D eigenvalue weighted by Crippen LogP contribution is 2.26. The van der Waals surface area contributed by atoms with Crippen LogP contribution in [-0.4, -0.2) is 44.3 Å².